The number of fused-ring (bicyclic) bond motifs is 1. The highest BCUT2D eigenvalue weighted by atomic mass is 16.5. The van der Waals surface area contributed by atoms with E-state index in [0.717, 1.165) is 23.5 Å². The van der Waals surface area contributed by atoms with Gasteiger partial charge < -0.3 is 14.8 Å². The Labute approximate surface area is 182 Å². The number of benzene rings is 2. The lowest BCUT2D eigenvalue weighted by atomic mass is 9.74. The van der Waals surface area contributed by atoms with E-state index >= 15 is 0 Å². The Bertz CT molecular complexity index is 1090. The van der Waals surface area contributed by atoms with Crippen molar-refractivity contribution in [3.8, 4) is 11.5 Å². The van der Waals surface area contributed by atoms with E-state index in [1.54, 1.807) is 37.3 Å². The van der Waals surface area contributed by atoms with E-state index in [-0.39, 0.29) is 17.1 Å². The van der Waals surface area contributed by atoms with Crippen LogP contribution in [0.2, 0.25) is 0 Å². The molecule has 0 saturated carbocycles. The third-order valence-corrected chi connectivity index (χ3v) is 6.02. The fraction of sp³-hybridized carbons (Fsp3) is 0.360. The molecule has 1 aliphatic heterocycles. The van der Waals surface area contributed by atoms with Crippen molar-refractivity contribution in [2.24, 2.45) is 5.41 Å². The lowest BCUT2D eigenvalue weighted by molar-refractivity contribution is -0.118. The Kier molecular flexibility index (Phi) is 5.25. The molecule has 0 fully saturated rings. The molecule has 162 valence electrons. The van der Waals surface area contributed by atoms with Crippen molar-refractivity contribution in [2.45, 2.75) is 39.7 Å². The van der Waals surface area contributed by atoms with Gasteiger partial charge in [0.25, 0.3) is 5.91 Å². The summed E-state index contributed by atoms with van der Waals surface area (Å²) in [6.07, 6.45) is 1.22. The SMILES string of the molecule is COc1ccc(C(=O)N2c3ccccc3NC3=C(C(=O)CC(C)(C)C3)[C@H]2C)cc1OC. The zero-order valence-electron chi connectivity index (χ0n) is 18.6. The van der Waals surface area contributed by atoms with Gasteiger partial charge in [-0.2, -0.15) is 0 Å². The molecule has 1 amide bonds. The third-order valence-electron chi connectivity index (χ3n) is 6.02. The van der Waals surface area contributed by atoms with Crippen LogP contribution in [0.4, 0.5) is 11.4 Å². The Morgan fingerprint density at radius 3 is 2.48 bits per heavy atom. The normalized spacial score (nSPS) is 19.7. The van der Waals surface area contributed by atoms with Crippen molar-refractivity contribution < 1.29 is 19.1 Å². The first-order valence-corrected chi connectivity index (χ1v) is 10.4. The van der Waals surface area contributed by atoms with E-state index in [9.17, 15) is 9.59 Å². The summed E-state index contributed by atoms with van der Waals surface area (Å²) in [5, 5.41) is 3.48. The minimum atomic E-state index is -0.407. The van der Waals surface area contributed by atoms with Gasteiger partial charge in [0.15, 0.2) is 17.3 Å². The van der Waals surface area contributed by atoms with Crippen LogP contribution < -0.4 is 19.7 Å². The van der Waals surface area contributed by atoms with Crippen LogP contribution in [0.3, 0.4) is 0 Å². The van der Waals surface area contributed by atoms with Gasteiger partial charge in [-0.25, -0.2) is 0 Å². The van der Waals surface area contributed by atoms with Gasteiger partial charge in [0.2, 0.25) is 0 Å². The first kappa shape index (κ1) is 21.0. The topological polar surface area (TPSA) is 67.9 Å². The van der Waals surface area contributed by atoms with Crippen LogP contribution in [-0.2, 0) is 4.79 Å². The summed E-state index contributed by atoms with van der Waals surface area (Å²) in [5.41, 5.74) is 3.49. The van der Waals surface area contributed by atoms with Gasteiger partial charge >= 0.3 is 0 Å². The number of hydrogen-bond donors (Lipinski definition) is 1. The molecule has 0 radical (unpaired) electrons. The number of Topliss-reactive ketones (excluding diaryl/α,β-unsaturated/α-hetero) is 1. The second-order valence-electron chi connectivity index (χ2n) is 8.90. The number of ether oxygens (including phenoxy) is 2. The largest absolute Gasteiger partial charge is 0.493 e. The van der Waals surface area contributed by atoms with Gasteiger partial charge in [-0.15, -0.1) is 0 Å². The number of rotatable bonds is 3. The minimum Gasteiger partial charge on any atom is -0.493 e. The average Bonchev–Trinajstić information content (AvgIpc) is 2.85. The van der Waals surface area contributed by atoms with Crippen molar-refractivity contribution in [1.82, 2.24) is 0 Å². The van der Waals surface area contributed by atoms with Gasteiger partial charge in [0.05, 0.1) is 31.6 Å². The Hall–Kier alpha value is -3.28. The van der Waals surface area contributed by atoms with Crippen LogP contribution in [0.25, 0.3) is 0 Å². The predicted molar refractivity (Wildman–Crippen MR) is 121 cm³/mol. The van der Waals surface area contributed by atoms with E-state index in [1.165, 1.54) is 0 Å². The van der Waals surface area contributed by atoms with Gasteiger partial charge in [-0.05, 0) is 49.1 Å². The van der Waals surface area contributed by atoms with Crippen LogP contribution in [0.5, 0.6) is 11.5 Å². The molecule has 6 nitrogen and oxygen atoms in total. The summed E-state index contributed by atoms with van der Waals surface area (Å²) in [6, 6.07) is 12.4. The number of nitrogens with zero attached hydrogens (tertiary/aromatic N) is 1. The van der Waals surface area contributed by atoms with Crippen molar-refractivity contribution in [3.05, 3.63) is 59.3 Å². The lowest BCUT2D eigenvalue weighted by Crippen LogP contribution is -2.43. The number of amides is 1. The summed E-state index contributed by atoms with van der Waals surface area (Å²) in [6.45, 7) is 6.13. The van der Waals surface area contributed by atoms with E-state index in [1.807, 2.05) is 31.2 Å². The van der Waals surface area contributed by atoms with Crippen LogP contribution in [0.15, 0.2) is 53.7 Å². The zero-order valence-corrected chi connectivity index (χ0v) is 18.6. The zero-order chi connectivity index (χ0) is 22.3. The molecule has 1 N–H and O–H groups in total. The van der Waals surface area contributed by atoms with Crippen molar-refractivity contribution in [3.63, 3.8) is 0 Å². The highest BCUT2D eigenvalue weighted by molar-refractivity contribution is 6.12. The number of nitrogens with one attached hydrogen (secondary N) is 1. The molecule has 1 atom stereocenters. The standard InChI is InChI=1S/C25H28N2O4/c1-15-23-18(13-25(2,3)14-20(23)28)26-17-8-6-7-9-19(17)27(15)24(29)16-10-11-21(30-4)22(12-16)31-5/h6-12,15,26H,13-14H2,1-5H3/t15-/m1/s1. The number of para-hydroxylation sites is 2. The summed E-state index contributed by atoms with van der Waals surface area (Å²) < 4.78 is 10.7. The number of allylic oxidation sites excluding steroid dienone is 1. The molecule has 2 aliphatic rings. The van der Waals surface area contributed by atoms with Crippen molar-refractivity contribution >= 4 is 23.1 Å². The molecule has 1 heterocycles. The average molecular weight is 421 g/mol. The van der Waals surface area contributed by atoms with Crippen molar-refractivity contribution in [1.29, 1.82) is 0 Å². The quantitative estimate of drug-likeness (QED) is 0.772. The smallest absolute Gasteiger partial charge is 0.259 e. The lowest BCUT2D eigenvalue weighted by Gasteiger charge is -2.35. The number of carbonyl (C=O) groups excluding carboxylic acids is 2. The summed E-state index contributed by atoms with van der Waals surface area (Å²) in [5.74, 6) is 0.926. The highest BCUT2D eigenvalue weighted by Gasteiger charge is 2.40. The predicted octanol–water partition coefficient (Wildman–Crippen LogP) is 4.81. The third kappa shape index (κ3) is 3.67. The Morgan fingerprint density at radius 2 is 1.77 bits per heavy atom. The molecule has 0 spiro atoms. The van der Waals surface area contributed by atoms with Crippen LogP contribution in [0, 0.1) is 5.41 Å². The molecule has 0 unspecified atom stereocenters. The Morgan fingerprint density at radius 1 is 1.06 bits per heavy atom. The molecule has 0 bridgehead atoms. The minimum absolute atomic E-state index is 0.0872. The molecule has 4 rings (SSSR count). The van der Waals surface area contributed by atoms with Gasteiger partial charge in [0.1, 0.15) is 0 Å². The fourth-order valence-corrected chi connectivity index (χ4v) is 4.61. The van der Waals surface area contributed by atoms with E-state index < -0.39 is 6.04 Å². The van der Waals surface area contributed by atoms with E-state index in [0.29, 0.717) is 29.1 Å². The van der Waals surface area contributed by atoms with Crippen LogP contribution in [0.1, 0.15) is 44.0 Å². The van der Waals surface area contributed by atoms with Crippen molar-refractivity contribution in [2.75, 3.05) is 24.4 Å². The molecule has 31 heavy (non-hydrogen) atoms. The van der Waals surface area contributed by atoms with E-state index in [2.05, 4.69) is 19.2 Å². The molecule has 2 aromatic carbocycles. The van der Waals surface area contributed by atoms with Crippen LogP contribution in [-0.4, -0.2) is 32.0 Å². The number of carbonyl (C=O) groups is 2. The maximum absolute atomic E-state index is 13.8. The molecule has 1 aliphatic carbocycles. The molecule has 6 heteroatoms. The summed E-state index contributed by atoms with van der Waals surface area (Å²) in [7, 11) is 3.10. The monoisotopic (exact) mass is 420 g/mol. The summed E-state index contributed by atoms with van der Waals surface area (Å²) >= 11 is 0. The molecular weight excluding hydrogens is 392 g/mol. The molecular formula is C25H28N2O4. The van der Waals surface area contributed by atoms with E-state index in [4.69, 9.17) is 9.47 Å². The van der Waals surface area contributed by atoms with Gasteiger partial charge in [0, 0.05) is 23.3 Å². The number of anilines is 2. The molecule has 0 aromatic heterocycles. The van der Waals surface area contributed by atoms with Gasteiger partial charge in [-0.3, -0.25) is 14.5 Å². The fourth-order valence-electron chi connectivity index (χ4n) is 4.61. The first-order chi connectivity index (χ1) is 14.8. The molecule has 0 saturated heterocycles. The Balaban J connectivity index is 1.84. The summed E-state index contributed by atoms with van der Waals surface area (Å²) in [4.78, 5) is 28.7. The second kappa shape index (κ2) is 7.76. The van der Waals surface area contributed by atoms with Crippen LogP contribution >= 0.6 is 0 Å². The molecule has 2 aromatic rings. The number of hydrogen-bond acceptors (Lipinski definition) is 5. The number of ketones is 1. The van der Waals surface area contributed by atoms with Gasteiger partial charge in [-0.1, -0.05) is 26.0 Å². The number of methoxy groups -OCH3 is 2. The first-order valence-electron chi connectivity index (χ1n) is 10.4. The maximum Gasteiger partial charge on any atom is 0.259 e. The second-order valence-corrected chi connectivity index (χ2v) is 8.90. The maximum atomic E-state index is 13.8. The highest BCUT2D eigenvalue weighted by Crippen LogP contribution is 2.44.